The van der Waals surface area contributed by atoms with Gasteiger partial charge in [-0.3, -0.25) is 4.79 Å². The number of ether oxygens (including phenoxy) is 1. The van der Waals surface area contributed by atoms with E-state index in [9.17, 15) is 9.59 Å². The first kappa shape index (κ1) is 19.9. The van der Waals surface area contributed by atoms with Gasteiger partial charge in [-0.15, -0.1) is 0 Å². The zero-order chi connectivity index (χ0) is 21.3. The molecule has 1 aromatic heterocycles. The number of amides is 1. The average molecular weight is 428 g/mol. The molecule has 30 heavy (non-hydrogen) atoms. The lowest BCUT2D eigenvalue weighted by Gasteiger charge is -2.15. The molecular formula is C21H18ClN3O5. The summed E-state index contributed by atoms with van der Waals surface area (Å²) in [5.41, 5.74) is 3.00. The number of carbonyl (C=O) groups is 2. The molecule has 2 heterocycles. The molecular weight excluding hydrogens is 410 g/mol. The van der Waals surface area contributed by atoms with Crippen molar-refractivity contribution in [2.24, 2.45) is 0 Å². The van der Waals surface area contributed by atoms with Crippen LogP contribution >= 0.6 is 11.6 Å². The summed E-state index contributed by atoms with van der Waals surface area (Å²) in [7, 11) is 1.26. The van der Waals surface area contributed by atoms with E-state index in [1.165, 1.54) is 12.0 Å². The first-order valence-electron chi connectivity index (χ1n) is 9.15. The van der Waals surface area contributed by atoms with Gasteiger partial charge in [0.15, 0.2) is 5.58 Å². The van der Waals surface area contributed by atoms with Crippen molar-refractivity contribution in [3.8, 4) is 11.5 Å². The Morgan fingerprint density at radius 2 is 2.07 bits per heavy atom. The summed E-state index contributed by atoms with van der Waals surface area (Å²) in [6.45, 7) is 0.0149. The van der Waals surface area contributed by atoms with E-state index in [1.807, 2.05) is 0 Å². The smallest absolute Gasteiger partial charge is 0.337 e. The van der Waals surface area contributed by atoms with E-state index in [0.717, 1.165) is 5.56 Å². The van der Waals surface area contributed by atoms with Gasteiger partial charge in [-0.05, 0) is 42.5 Å². The Kier molecular flexibility index (Phi) is 5.43. The number of hydrogen-bond acceptors (Lipinski definition) is 7. The second kappa shape index (κ2) is 8.17. The van der Waals surface area contributed by atoms with Crippen molar-refractivity contribution >= 4 is 40.3 Å². The molecule has 0 fully saturated rings. The van der Waals surface area contributed by atoms with Crippen LogP contribution in [-0.2, 0) is 14.3 Å². The van der Waals surface area contributed by atoms with Gasteiger partial charge in [-0.1, -0.05) is 11.6 Å². The Morgan fingerprint density at radius 3 is 2.77 bits per heavy atom. The topological polar surface area (TPSA) is 105 Å². The van der Waals surface area contributed by atoms with Crippen LogP contribution in [0.3, 0.4) is 0 Å². The van der Waals surface area contributed by atoms with Gasteiger partial charge >= 0.3 is 5.97 Å². The number of aromatic nitrogens is 1. The average Bonchev–Trinajstić information content (AvgIpc) is 3.30. The van der Waals surface area contributed by atoms with Crippen molar-refractivity contribution in [2.45, 2.75) is 0 Å². The van der Waals surface area contributed by atoms with E-state index in [0.29, 0.717) is 27.7 Å². The van der Waals surface area contributed by atoms with Crippen molar-refractivity contribution < 1.29 is 23.8 Å². The fraction of sp³-hybridized carbons (Fsp3) is 0.190. The number of halogens is 1. The number of benzene rings is 2. The lowest BCUT2D eigenvalue weighted by atomic mass is 10.2. The Hall–Kier alpha value is -3.36. The lowest BCUT2D eigenvalue weighted by Crippen LogP contribution is -2.31. The molecule has 0 radical (unpaired) electrons. The van der Waals surface area contributed by atoms with Gasteiger partial charge in [0, 0.05) is 22.8 Å². The highest BCUT2D eigenvalue weighted by molar-refractivity contribution is 6.31. The summed E-state index contributed by atoms with van der Waals surface area (Å²) in [6.07, 6.45) is 0. The fourth-order valence-corrected chi connectivity index (χ4v) is 3.38. The van der Waals surface area contributed by atoms with Crippen LogP contribution in [-0.4, -0.2) is 53.7 Å². The zero-order valence-electron chi connectivity index (χ0n) is 16.0. The van der Waals surface area contributed by atoms with Crippen molar-refractivity contribution in [3.63, 3.8) is 0 Å². The van der Waals surface area contributed by atoms with Gasteiger partial charge in [-0.2, -0.15) is 0 Å². The van der Waals surface area contributed by atoms with E-state index in [4.69, 9.17) is 25.9 Å². The maximum absolute atomic E-state index is 12.6. The molecule has 1 amide bonds. The normalized spacial score (nSPS) is 14.0. The number of anilines is 1. The molecule has 9 heteroatoms. The zero-order valence-corrected chi connectivity index (χ0v) is 16.8. The number of oxazole rings is 1. The number of aliphatic hydroxyl groups is 1. The van der Waals surface area contributed by atoms with Crippen LogP contribution in [0.4, 0.5) is 5.69 Å². The van der Waals surface area contributed by atoms with Crippen LogP contribution in [0.2, 0.25) is 5.02 Å². The SMILES string of the molecule is COC(=O)C1=C(Nc2ccc(-c3nc4cc(Cl)ccc4o3)cc2)C(=O)N(CCO)C1. The molecule has 4 rings (SSSR count). The van der Waals surface area contributed by atoms with E-state index in [2.05, 4.69) is 10.3 Å². The third-order valence-corrected chi connectivity index (χ3v) is 4.94. The van der Waals surface area contributed by atoms with Gasteiger partial charge in [0.1, 0.15) is 11.2 Å². The molecule has 2 N–H and O–H groups in total. The van der Waals surface area contributed by atoms with Crippen LogP contribution in [0.5, 0.6) is 0 Å². The van der Waals surface area contributed by atoms with Crippen molar-refractivity contribution in [1.82, 2.24) is 9.88 Å². The quantitative estimate of drug-likeness (QED) is 0.583. The number of fused-ring (bicyclic) bond motifs is 1. The van der Waals surface area contributed by atoms with Crippen molar-refractivity contribution in [2.75, 3.05) is 32.1 Å². The third-order valence-electron chi connectivity index (χ3n) is 4.70. The fourth-order valence-electron chi connectivity index (χ4n) is 3.21. The largest absolute Gasteiger partial charge is 0.466 e. The van der Waals surface area contributed by atoms with Gasteiger partial charge in [0.05, 0.1) is 25.8 Å². The monoisotopic (exact) mass is 427 g/mol. The summed E-state index contributed by atoms with van der Waals surface area (Å²) in [6, 6.07) is 12.3. The molecule has 8 nitrogen and oxygen atoms in total. The predicted octanol–water partition coefficient (Wildman–Crippen LogP) is 2.82. The van der Waals surface area contributed by atoms with Crippen LogP contribution in [0.1, 0.15) is 0 Å². The number of esters is 1. The minimum Gasteiger partial charge on any atom is -0.466 e. The maximum Gasteiger partial charge on any atom is 0.337 e. The predicted molar refractivity (Wildman–Crippen MR) is 111 cm³/mol. The number of aliphatic hydroxyl groups excluding tert-OH is 1. The first-order valence-corrected chi connectivity index (χ1v) is 9.53. The molecule has 2 aromatic carbocycles. The number of methoxy groups -OCH3 is 1. The number of nitrogens with zero attached hydrogens (tertiary/aromatic N) is 2. The Bertz CT molecular complexity index is 1150. The van der Waals surface area contributed by atoms with E-state index >= 15 is 0 Å². The minimum atomic E-state index is -0.590. The number of hydrogen-bond donors (Lipinski definition) is 2. The first-order chi connectivity index (χ1) is 14.5. The molecule has 0 saturated heterocycles. The minimum absolute atomic E-state index is 0.0813. The highest BCUT2D eigenvalue weighted by atomic mass is 35.5. The highest BCUT2D eigenvalue weighted by Gasteiger charge is 2.34. The highest BCUT2D eigenvalue weighted by Crippen LogP contribution is 2.28. The van der Waals surface area contributed by atoms with Crippen molar-refractivity contribution in [1.29, 1.82) is 0 Å². The molecule has 0 bridgehead atoms. The summed E-state index contributed by atoms with van der Waals surface area (Å²) >= 11 is 5.99. The molecule has 1 aliphatic rings. The summed E-state index contributed by atoms with van der Waals surface area (Å²) in [5, 5.41) is 12.7. The molecule has 0 aliphatic carbocycles. The molecule has 0 unspecified atom stereocenters. The maximum atomic E-state index is 12.6. The molecule has 0 atom stereocenters. The number of nitrogens with one attached hydrogen (secondary N) is 1. The number of rotatable bonds is 6. The van der Waals surface area contributed by atoms with Crippen LogP contribution < -0.4 is 5.32 Å². The second-order valence-corrected chi connectivity index (χ2v) is 7.07. The van der Waals surface area contributed by atoms with Crippen LogP contribution in [0.15, 0.2) is 58.2 Å². The third kappa shape index (κ3) is 3.74. The van der Waals surface area contributed by atoms with E-state index in [-0.39, 0.29) is 36.9 Å². The standard InChI is InChI=1S/C21H18ClN3O5/c1-29-21(28)15-11-25(8-9-26)20(27)18(15)23-14-5-2-12(3-6-14)19-24-16-10-13(22)4-7-17(16)30-19/h2-7,10,23,26H,8-9,11H2,1H3. The van der Waals surface area contributed by atoms with Gasteiger partial charge in [0.25, 0.3) is 5.91 Å². The van der Waals surface area contributed by atoms with Crippen molar-refractivity contribution in [3.05, 3.63) is 58.8 Å². The van der Waals surface area contributed by atoms with Crippen LogP contribution in [0, 0.1) is 0 Å². The Labute approximate surface area is 176 Å². The summed E-state index contributed by atoms with van der Waals surface area (Å²) in [4.78, 5) is 30.5. The lowest BCUT2D eigenvalue weighted by molar-refractivity contribution is -0.136. The van der Waals surface area contributed by atoms with Gasteiger partial charge in [-0.25, -0.2) is 9.78 Å². The van der Waals surface area contributed by atoms with Crippen LogP contribution in [0.25, 0.3) is 22.6 Å². The number of carbonyl (C=O) groups excluding carboxylic acids is 2. The molecule has 0 saturated carbocycles. The number of β-amino-alcohol motifs (C(OH)–C–C–N with tert-alkyl or cyclic N) is 1. The second-order valence-electron chi connectivity index (χ2n) is 6.63. The van der Waals surface area contributed by atoms with E-state index in [1.54, 1.807) is 42.5 Å². The Balaban J connectivity index is 1.58. The van der Waals surface area contributed by atoms with Gasteiger partial charge in [0.2, 0.25) is 5.89 Å². The van der Waals surface area contributed by atoms with E-state index < -0.39 is 5.97 Å². The Morgan fingerprint density at radius 1 is 1.30 bits per heavy atom. The van der Waals surface area contributed by atoms with Gasteiger partial charge < -0.3 is 24.5 Å². The molecule has 1 aliphatic heterocycles. The molecule has 3 aromatic rings. The molecule has 0 spiro atoms. The summed E-state index contributed by atoms with van der Waals surface area (Å²) < 4.78 is 10.5. The molecule has 154 valence electrons. The summed E-state index contributed by atoms with van der Waals surface area (Å²) in [5.74, 6) is -0.517.